The van der Waals surface area contributed by atoms with Crippen LogP contribution < -0.4 is 5.32 Å². The second-order valence-corrected chi connectivity index (χ2v) is 18.2. The Hall–Kier alpha value is -1.14. The highest BCUT2D eigenvalue weighted by Crippen LogP contribution is 2.17. The van der Waals surface area contributed by atoms with Gasteiger partial charge in [-0.2, -0.15) is 0 Å². The molecule has 3 N–H and O–H groups in total. The number of ether oxygens (including phenoxy) is 1. The average molecular weight is 822 g/mol. The first-order valence-corrected chi connectivity index (χ1v) is 26.3. The van der Waals surface area contributed by atoms with Gasteiger partial charge < -0.3 is 20.3 Å². The van der Waals surface area contributed by atoms with Crippen LogP contribution in [-0.2, 0) is 14.3 Å². The van der Waals surface area contributed by atoms with E-state index in [-0.39, 0.29) is 18.5 Å². The lowest BCUT2D eigenvalue weighted by atomic mass is 10.0. The number of carbonyl (C=O) groups excluding carboxylic acids is 2. The summed E-state index contributed by atoms with van der Waals surface area (Å²) in [6.07, 6.45) is 53.6. The summed E-state index contributed by atoms with van der Waals surface area (Å²) in [4.78, 5) is 24.4. The SMILES string of the molecule is CCCCCCCCCCCCCCCCCCC(=O)OCCCCCCCCCCCCCCCCCC(=O)NC(CO)C(O)CCCCCCCCCCCC. The maximum atomic E-state index is 12.4. The van der Waals surface area contributed by atoms with Crippen molar-refractivity contribution in [3.05, 3.63) is 0 Å². The molecule has 2 unspecified atom stereocenters. The average Bonchev–Trinajstić information content (AvgIpc) is 3.22. The zero-order valence-corrected chi connectivity index (χ0v) is 39.3. The number of aliphatic hydroxyl groups excluding tert-OH is 2. The molecule has 0 saturated carbocycles. The van der Waals surface area contributed by atoms with Crippen molar-refractivity contribution in [2.75, 3.05) is 13.2 Å². The molecule has 0 aliphatic rings. The van der Waals surface area contributed by atoms with E-state index in [1.54, 1.807) is 0 Å². The van der Waals surface area contributed by atoms with E-state index in [1.165, 1.54) is 218 Å². The van der Waals surface area contributed by atoms with Crippen molar-refractivity contribution in [3.63, 3.8) is 0 Å². The molecule has 0 aromatic carbocycles. The normalized spacial score (nSPS) is 12.6. The molecule has 1 amide bonds. The van der Waals surface area contributed by atoms with Crippen LogP contribution in [0.5, 0.6) is 0 Å². The van der Waals surface area contributed by atoms with Crippen molar-refractivity contribution in [2.24, 2.45) is 0 Å². The zero-order chi connectivity index (χ0) is 42.3. The second kappa shape index (κ2) is 48.5. The molecule has 0 rings (SSSR count). The summed E-state index contributed by atoms with van der Waals surface area (Å²) < 4.78 is 5.48. The van der Waals surface area contributed by atoms with E-state index in [0.29, 0.717) is 25.9 Å². The van der Waals surface area contributed by atoms with Crippen LogP contribution in [0.1, 0.15) is 296 Å². The minimum atomic E-state index is -0.666. The molecule has 0 bridgehead atoms. The van der Waals surface area contributed by atoms with Crippen LogP contribution in [0.4, 0.5) is 0 Å². The van der Waals surface area contributed by atoms with Crippen molar-refractivity contribution in [1.29, 1.82) is 0 Å². The fourth-order valence-electron chi connectivity index (χ4n) is 8.35. The molecule has 0 spiro atoms. The van der Waals surface area contributed by atoms with Crippen LogP contribution in [0, 0.1) is 0 Å². The lowest BCUT2D eigenvalue weighted by molar-refractivity contribution is -0.143. The summed E-state index contributed by atoms with van der Waals surface area (Å²) >= 11 is 0. The Morgan fingerprint density at radius 1 is 0.414 bits per heavy atom. The van der Waals surface area contributed by atoms with Gasteiger partial charge in [-0.3, -0.25) is 9.59 Å². The molecule has 2 atom stereocenters. The summed E-state index contributed by atoms with van der Waals surface area (Å²) in [5, 5.41) is 23.1. The van der Waals surface area contributed by atoms with Crippen LogP contribution in [0.3, 0.4) is 0 Å². The van der Waals surface area contributed by atoms with Crippen LogP contribution in [0.25, 0.3) is 0 Å². The first-order valence-electron chi connectivity index (χ1n) is 26.3. The summed E-state index contributed by atoms with van der Waals surface area (Å²) in [6, 6.07) is -0.544. The quantitative estimate of drug-likeness (QED) is 0.0420. The van der Waals surface area contributed by atoms with Crippen LogP contribution in [0.2, 0.25) is 0 Å². The number of amides is 1. The monoisotopic (exact) mass is 822 g/mol. The number of aliphatic hydroxyl groups is 2. The van der Waals surface area contributed by atoms with E-state index in [2.05, 4.69) is 19.2 Å². The Morgan fingerprint density at radius 2 is 0.707 bits per heavy atom. The summed E-state index contributed by atoms with van der Waals surface area (Å²) in [6.45, 7) is 4.94. The lowest BCUT2D eigenvalue weighted by Crippen LogP contribution is -2.45. The smallest absolute Gasteiger partial charge is 0.305 e. The maximum Gasteiger partial charge on any atom is 0.305 e. The standard InChI is InChI=1S/C52H103NO5/c1-3-5-7-9-11-13-15-16-17-20-23-26-30-34-38-42-46-52(57)58-47-43-39-35-31-27-24-21-18-19-22-25-29-33-37-41-45-51(56)53-49(48-54)50(55)44-40-36-32-28-14-12-10-8-6-4-2/h49-50,54-55H,3-48H2,1-2H3,(H,53,56). The maximum absolute atomic E-state index is 12.4. The molecule has 0 aromatic heterocycles. The largest absolute Gasteiger partial charge is 0.466 e. The minimum Gasteiger partial charge on any atom is -0.466 e. The fourth-order valence-corrected chi connectivity index (χ4v) is 8.35. The van der Waals surface area contributed by atoms with Crippen LogP contribution in [-0.4, -0.2) is 47.4 Å². The third kappa shape index (κ3) is 44.4. The topological polar surface area (TPSA) is 95.9 Å². The van der Waals surface area contributed by atoms with Crippen molar-refractivity contribution in [1.82, 2.24) is 5.32 Å². The van der Waals surface area contributed by atoms with Gasteiger partial charge in [0.15, 0.2) is 0 Å². The van der Waals surface area contributed by atoms with Gasteiger partial charge in [-0.05, 0) is 25.7 Å². The van der Waals surface area contributed by atoms with Gasteiger partial charge in [-0.25, -0.2) is 0 Å². The third-order valence-corrected chi connectivity index (χ3v) is 12.4. The van der Waals surface area contributed by atoms with Crippen LogP contribution >= 0.6 is 0 Å². The number of hydrogen-bond acceptors (Lipinski definition) is 5. The van der Waals surface area contributed by atoms with Gasteiger partial charge in [0.1, 0.15) is 0 Å². The number of hydrogen-bond donors (Lipinski definition) is 3. The van der Waals surface area contributed by atoms with Crippen molar-refractivity contribution in [2.45, 2.75) is 309 Å². The highest BCUT2D eigenvalue weighted by atomic mass is 16.5. The molecule has 0 heterocycles. The minimum absolute atomic E-state index is 0.00443. The highest BCUT2D eigenvalue weighted by molar-refractivity contribution is 5.76. The second-order valence-electron chi connectivity index (χ2n) is 18.2. The van der Waals surface area contributed by atoms with Gasteiger partial charge in [0, 0.05) is 12.8 Å². The molecule has 0 saturated heterocycles. The molecular formula is C52H103NO5. The molecule has 0 aromatic rings. The fraction of sp³-hybridized carbons (Fsp3) is 0.962. The Bertz CT molecular complexity index is 822. The molecule has 0 fully saturated rings. The van der Waals surface area contributed by atoms with E-state index in [4.69, 9.17) is 4.74 Å². The van der Waals surface area contributed by atoms with E-state index in [1.807, 2.05) is 0 Å². The Balaban J connectivity index is 3.38. The highest BCUT2D eigenvalue weighted by Gasteiger charge is 2.20. The molecule has 0 aliphatic carbocycles. The Labute approximate surface area is 362 Å². The van der Waals surface area contributed by atoms with Gasteiger partial charge in [0.05, 0.1) is 25.4 Å². The van der Waals surface area contributed by atoms with E-state index >= 15 is 0 Å². The number of unbranched alkanes of at least 4 members (excludes halogenated alkanes) is 38. The van der Waals surface area contributed by atoms with Crippen molar-refractivity contribution >= 4 is 11.9 Å². The van der Waals surface area contributed by atoms with Gasteiger partial charge >= 0.3 is 5.97 Å². The predicted octanol–water partition coefficient (Wildman–Crippen LogP) is 15.6. The summed E-state index contributed by atoms with van der Waals surface area (Å²) in [5.74, 6) is -0.0394. The van der Waals surface area contributed by atoms with Gasteiger partial charge in [0.25, 0.3) is 0 Å². The van der Waals surface area contributed by atoms with Gasteiger partial charge in [0.2, 0.25) is 5.91 Å². The number of rotatable bonds is 49. The first kappa shape index (κ1) is 56.9. The molecular weight excluding hydrogens is 719 g/mol. The van der Waals surface area contributed by atoms with Gasteiger partial charge in [-0.15, -0.1) is 0 Å². The van der Waals surface area contributed by atoms with Crippen LogP contribution in [0.15, 0.2) is 0 Å². The number of carbonyl (C=O) groups is 2. The number of nitrogens with one attached hydrogen (secondary N) is 1. The summed E-state index contributed by atoms with van der Waals surface area (Å²) in [7, 11) is 0. The Kier molecular flexibility index (Phi) is 47.6. The van der Waals surface area contributed by atoms with Crippen molar-refractivity contribution < 1.29 is 24.5 Å². The summed E-state index contributed by atoms with van der Waals surface area (Å²) in [5.41, 5.74) is 0. The van der Waals surface area contributed by atoms with Crippen molar-refractivity contribution in [3.8, 4) is 0 Å². The first-order chi connectivity index (χ1) is 28.5. The molecule has 0 aliphatic heterocycles. The molecule has 6 nitrogen and oxygen atoms in total. The zero-order valence-electron chi connectivity index (χ0n) is 39.3. The molecule has 0 radical (unpaired) electrons. The van der Waals surface area contributed by atoms with E-state index < -0.39 is 12.1 Å². The molecule has 58 heavy (non-hydrogen) atoms. The lowest BCUT2D eigenvalue weighted by Gasteiger charge is -2.22. The number of esters is 1. The van der Waals surface area contributed by atoms with Gasteiger partial charge in [-0.1, -0.05) is 258 Å². The predicted molar refractivity (Wildman–Crippen MR) is 250 cm³/mol. The van der Waals surface area contributed by atoms with E-state index in [0.717, 1.165) is 44.9 Å². The molecule has 6 heteroatoms. The Morgan fingerprint density at radius 3 is 1.05 bits per heavy atom. The van der Waals surface area contributed by atoms with E-state index in [9.17, 15) is 19.8 Å². The molecule has 346 valence electrons. The third-order valence-electron chi connectivity index (χ3n) is 12.4.